The lowest BCUT2D eigenvalue weighted by Gasteiger charge is -2.57. The van der Waals surface area contributed by atoms with Gasteiger partial charge in [0, 0.05) is 10.0 Å². The molecule has 1 heterocycles. The summed E-state index contributed by atoms with van der Waals surface area (Å²) in [5, 5.41) is 8.95. The molecule has 4 fully saturated rings. The average Bonchev–Trinajstić information content (AvgIpc) is 3.02. The molecule has 6 rings (SSSR count). The van der Waals surface area contributed by atoms with Crippen LogP contribution < -0.4 is 0 Å². The van der Waals surface area contributed by atoms with Crippen molar-refractivity contribution in [3.05, 3.63) is 46.1 Å². The Bertz CT molecular complexity index is 808. The third kappa shape index (κ3) is 2.19. The van der Waals surface area contributed by atoms with Crippen molar-refractivity contribution in [2.24, 2.45) is 17.8 Å². The Hall–Kier alpha value is -1.53. The topological polar surface area (TPSA) is 36.9 Å². The Balaban J connectivity index is 1.52. The molecule has 0 aliphatic heterocycles. The van der Waals surface area contributed by atoms with Crippen LogP contribution in [0.3, 0.4) is 0 Å². The molecule has 0 saturated heterocycles. The van der Waals surface area contributed by atoms with Crippen molar-refractivity contribution in [1.82, 2.24) is 0 Å². The summed E-state index contributed by atoms with van der Waals surface area (Å²) in [5.74, 6) is 3.99. The molecule has 2 aromatic rings. The minimum Gasteiger partial charge on any atom is -0.446 e. The quantitative estimate of drug-likeness (QED) is 0.634. The first-order chi connectivity index (χ1) is 11.6. The molecule has 3 heteroatoms. The molecule has 2 nitrogen and oxygen atoms in total. The highest BCUT2D eigenvalue weighted by Gasteiger charge is 2.51. The average molecular weight is 382 g/mol. The van der Waals surface area contributed by atoms with E-state index in [1.807, 2.05) is 6.07 Å². The predicted molar refractivity (Wildman–Crippen MR) is 96.4 cm³/mol. The van der Waals surface area contributed by atoms with Gasteiger partial charge in [-0.15, -0.1) is 0 Å². The molecule has 4 aliphatic carbocycles. The summed E-state index contributed by atoms with van der Waals surface area (Å²) in [6, 6.07) is 12.5. The largest absolute Gasteiger partial charge is 0.446 e. The van der Waals surface area contributed by atoms with Gasteiger partial charge in [-0.1, -0.05) is 22.0 Å². The maximum absolute atomic E-state index is 8.95. The number of benzene rings is 1. The Morgan fingerprint density at radius 2 is 1.67 bits per heavy atom. The molecule has 4 saturated carbocycles. The van der Waals surface area contributed by atoms with Crippen LogP contribution >= 0.6 is 15.9 Å². The summed E-state index contributed by atoms with van der Waals surface area (Å²) in [5.41, 5.74) is 2.95. The zero-order valence-corrected chi connectivity index (χ0v) is 15.2. The molecule has 0 N–H and O–H groups in total. The van der Waals surface area contributed by atoms with Crippen LogP contribution in [0, 0.1) is 29.1 Å². The number of hydrogen-bond acceptors (Lipinski definition) is 2. The van der Waals surface area contributed by atoms with Gasteiger partial charge in [0.2, 0.25) is 5.76 Å². The number of hydrogen-bond donors (Lipinski definition) is 0. The van der Waals surface area contributed by atoms with E-state index in [2.05, 4.69) is 40.2 Å². The Morgan fingerprint density at radius 1 is 1.00 bits per heavy atom. The van der Waals surface area contributed by atoms with Gasteiger partial charge in [-0.2, -0.15) is 5.26 Å². The Labute approximate surface area is 151 Å². The second kappa shape index (κ2) is 5.23. The molecule has 0 atom stereocenters. The van der Waals surface area contributed by atoms with Crippen LogP contribution in [-0.2, 0) is 5.41 Å². The molecule has 0 unspecified atom stereocenters. The van der Waals surface area contributed by atoms with Crippen LogP contribution in [0.25, 0.3) is 11.3 Å². The van der Waals surface area contributed by atoms with Crippen molar-refractivity contribution in [2.75, 3.05) is 0 Å². The molecule has 1 aromatic carbocycles. The highest BCUT2D eigenvalue weighted by atomic mass is 79.9. The van der Waals surface area contributed by atoms with Crippen molar-refractivity contribution in [1.29, 1.82) is 5.26 Å². The molecular weight excluding hydrogens is 362 g/mol. The molecule has 0 radical (unpaired) electrons. The number of nitriles is 1. The fraction of sp³-hybridized carbons (Fsp3) is 0.476. The zero-order valence-electron chi connectivity index (χ0n) is 13.6. The van der Waals surface area contributed by atoms with Crippen LogP contribution in [0.4, 0.5) is 0 Å². The maximum atomic E-state index is 8.95. The summed E-state index contributed by atoms with van der Waals surface area (Å²) < 4.78 is 6.68. The van der Waals surface area contributed by atoms with Crippen molar-refractivity contribution in [2.45, 2.75) is 43.9 Å². The lowest BCUT2D eigenvalue weighted by molar-refractivity contribution is -0.00520. The minimum absolute atomic E-state index is 0.363. The molecule has 122 valence electrons. The van der Waals surface area contributed by atoms with E-state index in [1.54, 1.807) is 6.07 Å². The van der Waals surface area contributed by atoms with Gasteiger partial charge in [0.25, 0.3) is 0 Å². The number of nitrogens with zero attached hydrogens (tertiary/aromatic N) is 1. The lowest BCUT2D eigenvalue weighted by Crippen LogP contribution is -2.48. The van der Waals surface area contributed by atoms with E-state index in [0.717, 1.165) is 33.6 Å². The van der Waals surface area contributed by atoms with E-state index >= 15 is 0 Å². The van der Waals surface area contributed by atoms with Crippen LogP contribution in [0.5, 0.6) is 0 Å². The maximum Gasteiger partial charge on any atom is 0.204 e. The summed E-state index contributed by atoms with van der Waals surface area (Å²) in [6.45, 7) is 0. The summed E-state index contributed by atoms with van der Waals surface area (Å²) in [4.78, 5) is 0. The van der Waals surface area contributed by atoms with E-state index in [4.69, 9.17) is 9.68 Å². The number of rotatable bonds is 2. The first-order valence-corrected chi connectivity index (χ1v) is 9.75. The highest BCUT2D eigenvalue weighted by Crippen LogP contribution is 2.61. The molecule has 0 amide bonds. The first kappa shape index (κ1) is 14.8. The third-order valence-electron chi connectivity index (χ3n) is 6.60. The highest BCUT2D eigenvalue weighted by molar-refractivity contribution is 9.10. The minimum atomic E-state index is 0.363. The van der Waals surface area contributed by atoms with E-state index < -0.39 is 0 Å². The van der Waals surface area contributed by atoms with Gasteiger partial charge in [-0.05, 0) is 91.5 Å². The summed E-state index contributed by atoms with van der Waals surface area (Å²) in [6.07, 6.45) is 8.56. The van der Waals surface area contributed by atoms with Crippen LogP contribution in [0.1, 0.15) is 49.8 Å². The molecule has 4 bridgehead atoms. The van der Waals surface area contributed by atoms with E-state index in [1.165, 1.54) is 44.1 Å². The van der Waals surface area contributed by atoms with Crippen molar-refractivity contribution >= 4 is 15.9 Å². The molecule has 24 heavy (non-hydrogen) atoms. The van der Waals surface area contributed by atoms with E-state index in [-0.39, 0.29) is 0 Å². The monoisotopic (exact) mass is 381 g/mol. The van der Waals surface area contributed by atoms with Gasteiger partial charge in [-0.3, -0.25) is 0 Å². The summed E-state index contributed by atoms with van der Waals surface area (Å²) in [7, 11) is 0. The van der Waals surface area contributed by atoms with Crippen molar-refractivity contribution < 1.29 is 4.42 Å². The Kier molecular flexibility index (Phi) is 3.22. The molecular formula is C21H20BrNO. The first-order valence-electron chi connectivity index (χ1n) is 8.95. The van der Waals surface area contributed by atoms with Gasteiger partial charge < -0.3 is 4.42 Å². The van der Waals surface area contributed by atoms with E-state index in [9.17, 15) is 0 Å². The fourth-order valence-corrected chi connectivity index (χ4v) is 6.63. The smallest absolute Gasteiger partial charge is 0.204 e. The SMILES string of the molecule is N#Cc1ccc(-c2ccc(C34CC5CC(CC(C5)C3)C4)cc2Br)o1. The number of halogens is 1. The third-order valence-corrected chi connectivity index (χ3v) is 7.26. The molecule has 4 aliphatic rings. The molecule has 0 spiro atoms. The zero-order chi connectivity index (χ0) is 16.3. The van der Waals surface area contributed by atoms with E-state index in [0.29, 0.717) is 11.2 Å². The second-order valence-electron chi connectivity index (χ2n) is 8.17. The van der Waals surface area contributed by atoms with Crippen LogP contribution in [0.15, 0.2) is 39.2 Å². The number of furan rings is 1. The van der Waals surface area contributed by atoms with Gasteiger partial charge in [0.05, 0.1) is 0 Å². The van der Waals surface area contributed by atoms with Crippen LogP contribution in [0.2, 0.25) is 0 Å². The van der Waals surface area contributed by atoms with Gasteiger partial charge in [-0.25, -0.2) is 0 Å². The summed E-state index contributed by atoms with van der Waals surface area (Å²) >= 11 is 3.75. The van der Waals surface area contributed by atoms with Gasteiger partial charge in [0.15, 0.2) is 0 Å². The second-order valence-corrected chi connectivity index (χ2v) is 9.02. The lowest BCUT2D eigenvalue weighted by atomic mass is 9.48. The molecule has 1 aromatic heterocycles. The fourth-order valence-electron chi connectivity index (χ4n) is 6.05. The van der Waals surface area contributed by atoms with Gasteiger partial charge >= 0.3 is 0 Å². The van der Waals surface area contributed by atoms with Crippen molar-refractivity contribution in [3.8, 4) is 17.4 Å². The predicted octanol–water partition coefficient (Wildman–Crippen LogP) is 6.05. The van der Waals surface area contributed by atoms with Crippen molar-refractivity contribution in [3.63, 3.8) is 0 Å². The standard InChI is InChI=1S/C21H20BrNO/c22-19-8-16(1-3-18(19)20-4-2-17(12-23)24-20)21-9-13-5-14(10-21)7-15(6-13)11-21/h1-4,8,13-15H,5-7,9-11H2. The Morgan fingerprint density at radius 3 is 2.21 bits per heavy atom. The normalized spacial score (nSPS) is 33.6. The van der Waals surface area contributed by atoms with Gasteiger partial charge in [0.1, 0.15) is 11.8 Å². The van der Waals surface area contributed by atoms with Crippen LogP contribution in [-0.4, -0.2) is 0 Å².